The maximum absolute atomic E-state index is 13.0. The monoisotopic (exact) mass is 482 g/mol. The number of carboxylic acids is 1. The average Bonchev–Trinajstić information content (AvgIpc) is 3.41. The van der Waals surface area contributed by atoms with E-state index in [-0.39, 0.29) is 18.1 Å². The Labute approximate surface area is 208 Å². The summed E-state index contributed by atoms with van der Waals surface area (Å²) in [5.74, 6) is 0.630. The number of hydrogen-bond acceptors (Lipinski definition) is 6. The summed E-state index contributed by atoms with van der Waals surface area (Å²) in [7, 11) is 1.62. The van der Waals surface area contributed by atoms with Crippen LogP contribution >= 0.6 is 0 Å². The maximum atomic E-state index is 13.0. The highest BCUT2D eigenvalue weighted by Crippen LogP contribution is 2.36. The molecule has 0 unspecified atom stereocenters. The number of rotatable bonds is 8. The Morgan fingerprint density at radius 3 is 2.53 bits per heavy atom. The zero-order valence-electron chi connectivity index (χ0n) is 19.8. The molecule has 0 spiro atoms. The fourth-order valence-electron chi connectivity index (χ4n) is 4.51. The van der Waals surface area contributed by atoms with Gasteiger partial charge in [0, 0.05) is 47.5 Å². The normalized spacial score (nSPS) is 17.1. The van der Waals surface area contributed by atoms with E-state index in [2.05, 4.69) is 5.32 Å². The first-order valence-electron chi connectivity index (χ1n) is 11.8. The zero-order chi connectivity index (χ0) is 25.1. The summed E-state index contributed by atoms with van der Waals surface area (Å²) in [5, 5.41) is 13.0. The molecule has 1 aromatic heterocycles. The number of fused-ring (bicyclic) bond motifs is 1. The van der Waals surface area contributed by atoms with E-state index in [0.29, 0.717) is 30.2 Å². The third kappa shape index (κ3) is 4.92. The summed E-state index contributed by atoms with van der Waals surface area (Å²) in [5.41, 5.74) is 3.20. The van der Waals surface area contributed by atoms with Crippen LogP contribution in [0, 0.1) is 5.92 Å². The molecule has 1 aliphatic heterocycles. The van der Waals surface area contributed by atoms with Crippen molar-refractivity contribution in [2.24, 2.45) is 5.92 Å². The summed E-state index contributed by atoms with van der Waals surface area (Å²) >= 11 is 0. The number of carbonyl (C=O) groups is 2. The number of carboxylic acid groups (broad SMARTS) is 1. The van der Waals surface area contributed by atoms with Crippen LogP contribution in [0.2, 0.25) is 0 Å². The highest BCUT2D eigenvalue weighted by Gasteiger charge is 2.33. The van der Waals surface area contributed by atoms with Crippen LogP contribution in [0.25, 0.3) is 22.2 Å². The molecule has 3 aromatic carbocycles. The SMILES string of the molecule is COc1ccc2c(Oc3ccccc3CC(=O)[C@H]3CN[C@H](C(=O)O)C3)cc(-c3ccccc3)nc2c1. The van der Waals surface area contributed by atoms with Crippen molar-refractivity contribution >= 4 is 22.7 Å². The molecular formula is C29H26N2O5. The van der Waals surface area contributed by atoms with Gasteiger partial charge in [0.25, 0.3) is 0 Å². The number of ether oxygens (including phenoxy) is 2. The number of methoxy groups -OCH3 is 1. The highest BCUT2D eigenvalue weighted by molar-refractivity contribution is 5.90. The first-order valence-corrected chi connectivity index (χ1v) is 11.8. The van der Waals surface area contributed by atoms with E-state index in [1.54, 1.807) is 7.11 Å². The smallest absolute Gasteiger partial charge is 0.320 e. The molecule has 2 atom stereocenters. The molecule has 0 radical (unpaired) electrons. The van der Waals surface area contributed by atoms with Gasteiger partial charge in [-0.25, -0.2) is 4.98 Å². The zero-order valence-corrected chi connectivity index (χ0v) is 19.8. The number of carbonyl (C=O) groups excluding carboxylic acids is 1. The number of benzene rings is 3. The molecule has 1 fully saturated rings. The highest BCUT2D eigenvalue weighted by atomic mass is 16.5. The van der Waals surface area contributed by atoms with Crippen molar-refractivity contribution in [1.29, 1.82) is 0 Å². The molecule has 4 aromatic rings. The Hall–Kier alpha value is -4.23. The van der Waals surface area contributed by atoms with E-state index in [1.807, 2.05) is 78.9 Å². The molecule has 5 rings (SSSR count). The molecule has 1 aliphatic rings. The van der Waals surface area contributed by atoms with Crippen LogP contribution in [0.4, 0.5) is 0 Å². The maximum Gasteiger partial charge on any atom is 0.320 e. The Kier molecular flexibility index (Phi) is 6.64. The quantitative estimate of drug-likeness (QED) is 0.369. The predicted molar refractivity (Wildman–Crippen MR) is 136 cm³/mol. The fourth-order valence-corrected chi connectivity index (χ4v) is 4.51. The lowest BCUT2D eigenvalue weighted by Crippen LogP contribution is -2.29. The molecule has 2 N–H and O–H groups in total. The van der Waals surface area contributed by atoms with E-state index in [1.165, 1.54) is 0 Å². The van der Waals surface area contributed by atoms with Gasteiger partial charge in [-0.2, -0.15) is 0 Å². The Bertz CT molecular complexity index is 1420. The van der Waals surface area contributed by atoms with Gasteiger partial charge in [0.2, 0.25) is 0 Å². The van der Waals surface area contributed by atoms with E-state index in [9.17, 15) is 14.7 Å². The lowest BCUT2D eigenvalue weighted by molar-refractivity contribution is -0.139. The molecule has 1 saturated heterocycles. The Balaban J connectivity index is 1.48. The van der Waals surface area contributed by atoms with Gasteiger partial charge < -0.3 is 19.9 Å². The lowest BCUT2D eigenvalue weighted by Gasteiger charge is -2.15. The predicted octanol–water partition coefficient (Wildman–Crippen LogP) is 4.88. The van der Waals surface area contributed by atoms with Crippen LogP contribution < -0.4 is 14.8 Å². The third-order valence-corrected chi connectivity index (χ3v) is 6.49. The minimum absolute atomic E-state index is 0.00315. The van der Waals surface area contributed by atoms with Gasteiger partial charge in [-0.15, -0.1) is 0 Å². The van der Waals surface area contributed by atoms with Crippen LogP contribution in [0.1, 0.15) is 12.0 Å². The Morgan fingerprint density at radius 2 is 1.78 bits per heavy atom. The minimum Gasteiger partial charge on any atom is -0.497 e. The number of Topliss-reactive ketones (excluding diaryl/α,β-unsaturated/α-hetero) is 1. The van der Waals surface area contributed by atoms with E-state index >= 15 is 0 Å². The molecule has 0 bridgehead atoms. The van der Waals surface area contributed by atoms with Crippen molar-refractivity contribution in [3.63, 3.8) is 0 Å². The van der Waals surface area contributed by atoms with E-state index < -0.39 is 12.0 Å². The molecule has 7 heteroatoms. The summed E-state index contributed by atoms with van der Waals surface area (Å²) < 4.78 is 11.8. The molecule has 0 aliphatic carbocycles. The number of hydrogen-bond donors (Lipinski definition) is 2. The summed E-state index contributed by atoms with van der Waals surface area (Å²) in [6, 6.07) is 24.2. The van der Waals surface area contributed by atoms with Gasteiger partial charge in [-0.3, -0.25) is 9.59 Å². The van der Waals surface area contributed by atoms with Crippen LogP contribution in [-0.2, 0) is 16.0 Å². The molecule has 7 nitrogen and oxygen atoms in total. The number of nitrogens with one attached hydrogen (secondary N) is 1. The number of ketones is 1. The number of aliphatic carboxylic acids is 1. The first kappa shape index (κ1) is 23.5. The van der Waals surface area contributed by atoms with Crippen LogP contribution in [0.3, 0.4) is 0 Å². The number of pyridine rings is 1. The summed E-state index contributed by atoms with van der Waals surface area (Å²) in [4.78, 5) is 29.1. The molecule has 0 saturated carbocycles. The van der Waals surface area contributed by atoms with Gasteiger partial charge in [0.05, 0.1) is 18.3 Å². The van der Waals surface area contributed by atoms with Crippen LogP contribution in [-0.4, -0.2) is 41.5 Å². The number of aromatic nitrogens is 1. The molecule has 2 heterocycles. The number of nitrogens with zero attached hydrogens (tertiary/aromatic N) is 1. The molecule has 182 valence electrons. The molecule has 36 heavy (non-hydrogen) atoms. The largest absolute Gasteiger partial charge is 0.497 e. The fraction of sp³-hybridized carbons (Fsp3) is 0.207. The third-order valence-electron chi connectivity index (χ3n) is 6.49. The Morgan fingerprint density at radius 1 is 1.00 bits per heavy atom. The molecule has 0 amide bonds. The number of para-hydroxylation sites is 1. The first-order chi connectivity index (χ1) is 17.5. The second-order valence-corrected chi connectivity index (χ2v) is 8.84. The van der Waals surface area contributed by atoms with Crippen molar-refractivity contribution in [3.8, 4) is 28.5 Å². The van der Waals surface area contributed by atoms with Crippen molar-refractivity contribution in [2.45, 2.75) is 18.9 Å². The van der Waals surface area contributed by atoms with Crippen LogP contribution in [0.15, 0.2) is 78.9 Å². The van der Waals surface area contributed by atoms with Gasteiger partial charge in [0.1, 0.15) is 29.1 Å². The lowest BCUT2D eigenvalue weighted by atomic mass is 9.95. The topological polar surface area (TPSA) is 97.8 Å². The summed E-state index contributed by atoms with van der Waals surface area (Å²) in [6.45, 7) is 0.371. The van der Waals surface area contributed by atoms with Crippen molar-refractivity contribution < 1.29 is 24.2 Å². The van der Waals surface area contributed by atoms with Gasteiger partial charge >= 0.3 is 5.97 Å². The average molecular weight is 483 g/mol. The van der Waals surface area contributed by atoms with E-state index in [0.717, 1.165) is 27.7 Å². The van der Waals surface area contributed by atoms with Gasteiger partial charge in [-0.1, -0.05) is 48.5 Å². The van der Waals surface area contributed by atoms with Crippen molar-refractivity contribution in [3.05, 3.63) is 84.4 Å². The van der Waals surface area contributed by atoms with Crippen molar-refractivity contribution in [1.82, 2.24) is 10.3 Å². The van der Waals surface area contributed by atoms with Crippen molar-refractivity contribution in [2.75, 3.05) is 13.7 Å². The summed E-state index contributed by atoms with van der Waals surface area (Å²) in [6.07, 6.45) is 0.464. The van der Waals surface area contributed by atoms with Gasteiger partial charge in [0.15, 0.2) is 0 Å². The van der Waals surface area contributed by atoms with E-state index in [4.69, 9.17) is 14.5 Å². The van der Waals surface area contributed by atoms with Gasteiger partial charge in [-0.05, 0) is 24.6 Å². The second-order valence-electron chi connectivity index (χ2n) is 8.84. The standard InChI is InChI=1S/C29H26N2O5/c1-35-21-11-12-22-24(15-21)31-23(18-7-3-2-4-8-18)16-28(22)36-27-10-6-5-9-19(27)14-26(32)20-13-25(29(33)34)30-17-20/h2-12,15-16,20,25,30H,13-14,17H2,1H3,(H,33,34)/t20-,25+/m1/s1. The minimum atomic E-state index is -0.926. The van der Waals surface area contributed by atoms with Crippen LogP contribution in [0.5, 0.6) is 17.2 Å². The molecular weight excluding hydrogens is 456 g/mol. The second kappa shape index (κ2) is 10.2.